The Morgan fingerprint density at radius 1 is 1.29 bits per heavy atom. The number of hydrogen-bond donors (Lipinski definition) is 1. The van der Waals surface area contributed by atoms with Crippen molar-refractivity contribution in [1.29, 1.82) is 0 Å². The Bertz CT molecular complexity index is 462. The molecule has 0 aliphatic carbocycles. The van der Waals surface area contributed by atoms with Crippen molar-refractivity contribution < 1.29 is 19.4 Å². The van der Waals surface area contributed by atoms with Crippen molar-refractivity contribution in [1.82, 2.24) is 0 Å². The third-order valence-corrected chi connectivity index (χ3v) is 1.89. The van der Waals surface area contributed by atoms with Crippen LogP contribution in [0.3, 0.4) is 0 Å². The van der Waals surface area contributed by atoms with Crippen molar-refractivity contribution in [3.05, 3.63) is 35.4 Å². The van der Waals surface area contributed by atoms with Gasteiger partial charge in [0.1, 0.15) is 0 Å². The van der Waals surface area contributed by atoms with Crippen LogP contribution >= 0.6 is 0 Å². The summed E-state index contributed by atoms with van der Waals surface area (Å²) in [7, 11) is 0. The molecule has 0 heterocycles. The molecule has 0 atom stereocenters. The third kappa shape index (κ3) is 4.85. The number of ether oxygens (including phenoxy) is 1. The quantitative estimate of drug-likeness (QED) is 0.628. The van der Waals surface area contributed by atoms with E-state index in [0.717, 1.165) is 0 Å². The van der Waals surface area contributed by atoms with Gasteiger partial charge in [0.2, 0.25) is 0 Å². The molecule has 0 saturated carbocycles. The van der Waals surface area contributed by atoms with Crippen molar-refractivity contribution in [3.63, 3.8) is 0 Å². The van der Waals surface area contributed by atoms with E-state index < -0.39 is 11.9 Å². The summed E-state index contributed by atoms with van der Waals surface area (Å²) in [5.74, 6) is 3.52. The first kappa shape index (κ1) is 12.8. The first-order valence-electron chi connectivity index (χ1n) is 5.11. The van der Waals surface area contributed by atoms with Crippen LogP contribution < -0.4 is 0 Å². The normalized spacial score (nSPS) is 9.00. The lowest BCUT2D eigenvalue weighted by Crippen LogP contribution is -2.00. The van der Waals surface area contributed by atoms with Crippen molar-refractivity contribution in [2.45, 2.75) is 13.3 Å². The van der Waals surface area contributed by atoms with Gasteiger partial charge < -0.3 is 9.84 Å². The van der Waals surface area contributed by atoms with Gasteiger partial charge in [0.15, 0.2) is 0 Å². The van der Waals surface area contributed by atoms with Crippen LogP contribution in [-0.2, 0) is 20.7 Å². The van der Waals surface area contributed by atoms with Gasteiger partial charge >= 0.3 is 11.9 Å². The second-order valence-electron chi connectivity index (χ2n) is 3.24. The fraction of sp³-hybridized carbons (Fsp3) is 0.231. The standard InChI is InChI=1S/C13H12O4/c1-2-17-13(16)8-7-10-3-5-11(6-4-10)9-12(14)15/h3-6H,2,9H2,1H3,(H,14,15). The molecule has 4 heteroatoms. The molecule has 0 saturated heterocycles. The number of carbonyl (C=O) groups excluding carboxylic acids is 1. The SMILES string of the molecule is CCOC(=O)C#Cc1ccc(CC(=O)O)cc1. The highest BCUT2D eigenvalue weighted by Crippen LogP contribution is 2.04. The minimum Gasteiger partial charge on any atom is -0.481 e. The molecule has 0 aliphatic rings. The van der Waals surface area contributed by atoms with Gasteiger partial charge in [-0.05, 0) is 24.6 Å². The summed E-state index contributed by atoms with van der Waals surface area (Å²) in [4.78, 5) is 21.4. The molecule has 1 rings (SSSR count). The number of carbonyl (C=O) groups is 2. The number of esters is 1. The van der Waals surface area contributed by atoms with E-state index in [1.165, 1.54) is 0 Å². The number of benzene rings is 1. The first-order valence-corrected chi connectivity index (χ1v) is 5.11. The van der Waals surface area contributed by atoms with E-state index in [4.69, 9.17) is 5.11 Å². The maximum absolute atomic E-state index is 11.0. The average Bonchev–Trinajstić information content (AvgIpc) is 2.28. The van der Waals surface area contributed by atoms with Crippen LogP contribution in [0.15, 0.2) is 24.3 Å². The van der Waals surface area contributed by atoms with Gasteiger partial charge in [-0.2, -0.15) is 0 Å². The number of hydrogen-bond acceptors (Lipinski definition) is 3. The lowest BCUT2D eigenvalue weighted by atomic mass is 10.1. The summed E-state index contributed by atoms with van der Waals surface area (Å²) in [6.07, 6.45) is -0.0222. The largest absolute Gasteiger partial charge is 0.481 e. The Kier molecular flexibility index (Phi) is 4.77. The number of carboxylic acid groups (broad SMARTS) is 1. The van der Waals surface area contributed by atoms with E-state index in [0.29, 0.717) is 17.7 Å². The topological polar surface area (TPSA) is 63.6 Å². The van der Waals surface area contributed by atoms with Crippen LogP contribution in [-0.4, -0.2) is 23.7 Å². The zero-order valence-electron chi connectivity index (χ0n) is 9.40. The van der Waals surface area contributed by atoms with Crippen LogP contribution in [0, 0.1) is 11.8 Å². The summed E-state index contributed by atoms with van der Waals surface area (Å²) in [5.41, 5.74) is 1.34. The lowest BCUT2D eigenvalue weighted by molar-refractivity contribution is -0.137. The van der Waals surface area contributed by atoms with E-state index >= 15 is 0 Å². The number of rotatable bonds is 3. The Morgan fingerprint density at radius 2 is 1.94 bits per heavy atom. The van der Waals surface area contributed by atoms with E-state index in [1.807, 2.05) is 0 Å². The second kappa shape index (κ2) is 6.33. The highest BCUT2D eigenvalue weighted by molar-refractivity contribution is 5.89. The molecule has 0 bridgehead atoms. The molecule has 1 aromatic carbocycles. The average molecular weight is 232 g/mol. The molecule has 0 radical (unpaired) electrons. The lowest BCUT2D eigenvalue weighted by Gasteiger charge is -1.96. The van der Waals surface area contributed by atoms with Crippen LogP contribution in [0.4, 0.5) is 0 Å². The molecule has 0 aliphatic heterocycles. The molecular weight excluding hydrogens is 220 g/mol. The smallest absolute Gasteiger partial charge is 0.384 e. The number of aliphatic carboxylic acids is 1. The molecule has 0 aromatic heterocycles. The molecule has 0 unspecified atom stereocenters. The Hall–Kier alpha value is -2.28. The predicted octanol–water partition coefficient (Wildman–Crippen LogP) is 1.23. The van der Waals surface area contributed by atoms with Gasteiger partial charge in [0, 0.05) is 11.5 Å². The Morgan fingerprint density at radius 3 is 2.47 bits per heavy atom. The molecule has 0 fully saturated rings. The maximum Gasteiger partial charge on any atom is 0.384 e. The maximum atomic E-state index is 11.0. The van der Waals surface area contributed by atoms with Gasteiger partial charge in [0.05, 0.1) is 13.0 Å². The zero-order chi connectivity index (χ0) is 12.7. The highest BCUT2D eigenvalue weighted by Gasteiger charge is 1.99. The summed E-state index contributed by atoms with van der Waals surface area (Å²) < 4.78 is 4.65. The van der Waals surface area contributed by atoms with E-state index in [-0.39, 0.29) is 6.42 Å². The molecule has 1 aromatic rings. The fourth-order valence-corrected chi connectivity index (χ4v) is 1.17. The van der Waals surface area contributed by atoms with E-state index in [2.05, 4.69) is 16.6 Å². The van der Waals surface area contributed by atoms with Gasteiger partial charge in [-0.15, -0.1) is 0 Å². The molecule has 1 N–H and O–H groups in total. The first-order chi connectivity index (χ1) is 8.11. The van der Waals surface area contributed by atoms with Crippen molar-refractivity contribution in [2.75, 3.05) is 6.61 Å². The summed E-state index contributed by atoms with van der Waals surface area (Å²) in [6.45, 7) is 2.01. The van der Waals surface area contributed by atoms with Crippen molar-refractivity contribution in [2.24, 2.45) is 0 Å². The summed E-state index contributed by atoms with van der Waals surface area (Å²) >= 11 is 0. The van der Waals surface area contributed by atoms with E-state index in [1.54, 1.807) is 31.2 Å². The molecule has 0 spiro atoms. The molecule has 4 nitrogen and oxygen atoms in total. The van der Waals surface area contributed by atoms with Crippen molar-refractivity contribution in [3.8, 4) is 11.8 Å². The fourth-order valence-electron chi connectivity index (χ4n) is 1.17. The Balaban J connectivity index is 2.68. The molecule has 88 valence electrons. The monoisotopic (exact) mass is 232 g/mol. The highest BCUT2D eigenvalue weighted by atomic mass is 16.5. The minimum atomic E-state index is -0.879. The third-order valence-electron chi connectivity index (χ3n) is 1.89. The van der Waals surface area contributed by atoms with Gasteiger partial charge in [-0.1, -0.05) is 18.1 Å². The minimum absolute atomic E-state index is 0.0222. The summed E-state index contributed by atoms with van der Waals surface area (Å²) in [6, 6.07) is 6.68. The van der Waals surface area contributed by atoms with Crippen LogP contribution in [0.5, 0.6) is 0 Å². The van der Waals surface area contributed by atoms with Gasteiger partial charge in [-0.25, -0.2) is 4.79 Å². The molecular formula is C13H12O4. The van der Waals surface area contributed by atoms with E-state index in [9.17, 15) is 9.59 Å². The predicted molar refractivity (Wildman–Crippen MR) is 61.3 cm³/mol. The Labute approximate surface area is 99.2 Å². The van der Waals surface area contributed by atoms with Crippen LogP contribution in [0.2, 0.25) is 0 Å². The van der Waals surface area contributed by atoms with Crippen LogP contribution in [0.25, 0.3) is 0 Å². The zero-order valence-corrected chi connectivity index (χ0v) is 9.40. The molecule has 17 heavy (non-hydrogen) atoms. The molecule has 0 amide bonds. The van der Waals surface area contributed by atoms with Gasteiger partial charge in [0.25, 0.3) is 0 Å². The summed E-state index contributed by atoms with van der Waals surface area (Å²) in [5, 5.41) is 8.58. The van der Waals surface area contributed by atoms with Crippen LogP contribution in [0.1, 0.15) is 18.1 Å². The second-order valence-corrected chi connectivity index (χ2v) is 3.24. The van der Waals surface area contributed by atoms with Crippen molar-refractivity contribution >= 4 is 11.9 Å². The number of carboxylic acids is 1. The van der Waals surface area contributed by atoms with Gasteiger partial charge in [-0.3, -0.25) is 4.79 Å².